The van der Waals surface area contributed by atoms with Gasteiger partial charge in [0, 0.05) is 0 Å². The van der Waals surface area contributed by atoms with Crippen LogP contribution in [0.3, 0.4) is 0 Å². The van der Waals surface area contributed by atoms with Crippen LogP contribution in [0.2, 0.25) is 0 Å². The maximum atomic E-state index is 5.14. The standard InChI is InChI=1S/C5H13N.C4H11N/c1-5(2)4-6-3;1-2-3-4-5/h5-6H,4H2,1-3H3;2-5H2,1H3. The normalized spacial score (nSPS) is 9.27. The highest BCUT2D eigenvalue weighted by molar-refractivity contribution is 4.42. The van der Waals surface area contributed by atoms with E-state index < -0.39 is 0 Å². The molecule has 0 radical (unpaired) electrons. The van der Waals surface area contributed by atoms with Crippen molar-refractivity contribution >= 4 is 0 Å². The summed E-state index contributed by atoms with van der Waals surface area (Å²) in [4.78, 5) is 0. The summed E-state index contributed by atoms with van der Waals surface area (Å²) in [6, 6.07) is 0. The van der Waals surface area contributed by atoms with Crippen molar-refractivity contribution in [1.82, 2.24) is 5.32 Å². The van der Waals surface area contributed by atoms with Crippen LogP contribution >= 0.6 is 0 Å². The fraction of sp³-hybridized carbons (Fsp3) is 1.00. The SMILES string of the molecule is CCCCN.CNCC(C)C. The Hall–Kier alpha value is -0.0800. The number of rotatable bonds is 4. The second-order valence-electron chi connectivity index (χ2n) is 3.09. The predicted molar refractivity (Wildman–Crippen MR) is 52.7 cm³/mol. The van der Waals surface area contributed by atoms with E-state index in [-0.39, 0.29) is 0 Å². The minimum Gasteiger partial charge on any atom is -0.330 e. The molecule has 0 aromatic heterocycles. The minimum absolute atomic E-state index is 0.787. The van der Waals surface area contributed by atoms with Crippen molar-refractivity contribution < 1.29 is 0 Å². The average molecular weight is 160 g/mol. The molecule has 0 aromatic rings. The fourth-order valence-electron chi connectivity index (χ4n) is 0.612. The molecule has 0 aliphatic heterocycles. The zero-order valence-electron chi connectivity index (χ0n) is 8.48. The Morgan fingerprint density at radius 1 is 1.36 bits per heavy atom. The van der Waals surface area contributed by atoms with Gasteiger partial charge in [0.2, 0.25) is 0 Å². The second kappa shape index (κ2) is 12.6. The van der Waals surface area contributed by atoms with Crippen molar-refractivity contribution in [2.75, 3.05) is 20.1 Å². The summed E-state index contributed by atoms with van der Waals surface area (Å²) in [5.74, 6) is 0.787. The largest absolute Gasteiger partial charge is 0.330 e. The highest BCUT2D eigenvalue weighted by atomic mass is 14.8. The highest BCUT2D eigenvalue weighted by Gasteiger charge is 1.84. The molecule has 0 unspecified atom stereocenters. The summed E-state index contributed by atoms with van der Waals surface area (Å²) >= 11 is 0. The molecular formula is C9H24N2. The second-order valence-corrected chi connectivity index (χ2v) is 3.09. The van der Waals surface area contributed by atoms with Crippen LogP contribution in [0.4, 0.5) is 0 Å². The summed E-state index contributed by atoms with van der Waals surface area (Å²) in [5.41, 5.74) is 5.14. The van der Waals surface area contributed by atoms with Crippen LogP contribution in [0.25, 0.3) is 0 Å². The van der Waals surface area contributed by atoms with E-state index in [2.05, 4.69) is 26.1 Å². The molecular weight excluding hydrogens is 136 g/mol. The predicted octanol–water partition coefficient (Wildman–Crippen LogP) is 1.61. The summed E-state index contributed by atoms with van der Waals surface area (Å²) in [6.45, 7) is 8.48. The van der Waals surface area contributed by atoms with Gasteiger partial charge in [-0.05, 0) is 32.5 Å². The summed E-state index contributed by atoms with van der Waals surface area (Å²) in [6.07, 6.45) is 2.39. The van der Waals surface area contributed by atoms with E-state index in [0.717, 1.165) is 19.0 Å². The van der Waals surface area contributed by atoms with Gasteiger partial charge in [0.05, 0.1) is 0 Å². The Morgan fingerprint density at radius 2 is 1.91 bits per heavy atom. The first kappa shape index (κ1) is 13.5. The molecule has 11 heavy (non-hydrogen) atoms. The maximum Gasteiger partial charge on any atom is -0.00288 e. The van der Waals surface area contributed by atoms with Gasteiger partial charge in [-0.2, -0.15) is 0 Å². The van der Waals surface area contributed by atoms with E-state index in [1.54, 1.807) is 0 Å². The van der Waals surface area contributed by atoms with E-state index in [1.807, 2.05) is 7.05 Å². The Balaban J connectivity index is 0. The lowest BCUT2D eigenvalue weighted by Gasteiger charge is -1.98. The maximum absolute atomic E-state index is 5.14. The molecule has 0 saturated carbocycles. The minimum atomic E-state index is 0.787. The third-order valence-electron chi connectivity index (χ3n) is 1.17. The van der Waals surface area contributed by atoms with Gasteiger partial charge in [0.15, 0.2) is 0 Å². The lowest BCUT2D eigenvalue weighted by Crippen LogP contribution is -2.12. The lowest BCUT2D eigenvalue weighted by atomic mass is 10.2. The molecule has 0 atom stereocenters. The van der Waals surface area contributed by atoms with Gasteiger partial charge in [-0.3, -0.25) is 0 Å². The summed E-state index contributed by atoms with van der Waals surface area (Å²) in [7, 11) is 1.97. The van der Waals surface area contributed by atoms with Gasteiger partial charge in [0.25, 0.3) is 0 Å². The van der Waals surface area contributed by atoms with Crippen molar-refractivity contribution in [3.05, 3.63) is 0 Å². The van der Waals surface area contributed by atoms with Gasteiger partial charge >= 0.3 is 0 Å². The average Bonchev–Trinajstić information content (AvgIpc) is 1.90. The van der Waals surface area contributed by atoms with E-state index in [1.165, 1.54) is 12.8 Å². The number of nitrogens with two attached hydrogens (primary N) is 1. The number of hydrogen-bond acceptors (Lipinski definition) is 2. The van der Waals surface area contributed by atoms with Gasteiger partial charge < -0.3 is 11.1 Å². The summed E-state index contributed by atoms with van der Waals surface area (Å²) in [5, 5.41) is 3.07. The van der Waals surface area contributed by atoms with Crippen molar-refractivity contribution in [3.63, 3.8) is 0 Å². The third kappa shape index (κ3) is 25.7. The first-order valence-electron chi connectivity index (χ1n) is 4.53. The quantitative estimate of drug-likeness (QED) is 0.655. The molecule has 0 bridgehead atoms. The number of unbranched alkanes of at least 4 members (excludes halogenated alkanes) is 1. The van der Waals surface area contributed by atoms with Crippen molar-refractivity contribution in [2.45, 2.75) is 33.6 Å². The molecule has 0 aliphatic rings. The molecule has 70 valence electrons. The van der Waals surface area contributed by atoms with Crippen LogP contribution < -0.4 is 11.1 Å². The van der Waals surface area contributed by atoms with E-state index in [4.69, 9.17) is 5.73 Å². The molecule has 0 heterocycles. The molecule has 0 spiro atoms. The fourth-order valence-corrected chi connectivity index (χ4v) is 0.612. The highest BCUT2D eigenvalue weighted by Crippen LogP contribution is 1.83. The smallest absolute Gasteiger partial charge is 0.00288 e. The van der Waals surface area contributed by atoms with E-state index in [0.29, 0.717) is 0 Å². The van der Waals surface area contributed by atoms with Crippen molar-refractivity contribution in [3.8, 4) is 0 Å². The van der Waals surface area contributed by atoms with Gasteiger partial charge in [-0.1, -0.05) is 27.2 Å². The van der Waals surface area contributed by atoms with Crippen LogP contribution in [0.5, 0.6) is 0 Å². The molecule has 2 heteroatoms. The van der Waals surface area contributed by atoms with Crippen LogP contribution in [-0.4, -0.2) is 20.1 Å². The molecule has 3 N–H and O–H groups in total. The molecule has 0 amide bonds. The number of hydrogen-bond donors (Lipinski definition) is 2. The Bertz CT molecular complexity index is 51.5. The zero-order chi connectivity index (χ0) is 9.11. The molecule has 0 saturated heterocycles. The van der Waals surface area contributed by atoms with Crippen molar-refractivity contribution in [1.29, 1.82) is 0 Å². The van der Waals surface area contributed by atoms with Gasteiger partial charge in [-0.25, -0.2) is 0 Å². The Kier molecular flexibility index (Phi) is 15.4. The molecule has 0 aliphatic carbocycles. The first-order valence-corrected chi connectivity index (χ1v) is 4.53. The Labute approximate surface area is 71.6 Å². The van der Waals surface area contributed by atoms with Crippen molar-refractivity contribution in [2.24, 2.45) is 11.7 Å². The van der Waals surface area contributed by atoms with Gasteiger partial charge in [-0.15, -0.1) is 0 Å². The summed E-state index contributed by atoms with van der Waals surface area (Å²) < 4.78 is 0. The van der Waals surface area contributed by atoms with Crippen LogP contribution in [0.15, 0.2) is 0 Å². The number of nitrogens with one attached hydrogen (secondary N) is 1. The Morgan fingerprint density at radius 3 is 1.91 bits per heavy atom. The van der Waals surface area contributed by atoms with Crippen LogP contribution in [0, 0.1) is 5.92 Å². The topological polar surface area (TPSA) is 38.0 Å². The lowest BCUT2D eigenvalue weighted by molar-refractivity contribution is 0.595. The molecule has 0 aromatic carbocycles. The molecule has 0 rings (SSSR count). The van der Waals surface area contributed by atoms with Gasteiger partial charge in [0.1, 0.15) is 0 Å². The van der Waals surface area contributed by atoms with E-state index >= 15 is 0 Å². The molecule has 2 nitrogen and oxygen atoms in total. The third-order valence-corrected chi connectivity index (χ3v) is 1.17. The van der Waals surface area contributed by atoms with Crippen LogP contribution in [-0.2, 0) is 0 Å². The molecule has 0 fully saturated rings. The van der Waals surface area contributed by atoms with Crippen LogP contribution in [0.1, 0.15) is 33.6 Å². The first-order chi connectivity index (χ1) is 5.18. The van der Waals surface area contributed by atoms with E-state index in [9.17, 15) is 0 Å². The zero-order valence-corrected chi connectivity index (χ0v) is 8.48. The monoisotopic (exact) mass is 160 g/mol.